The summed E-state index contributed by atoms with van der Waals surface area (Å²) < 4.78 is 11.7. The Morgan fingerprint density at radius 2 is 1.82 bits per heavy atom. The van der Waals surface area contributed by atoms with Gasteiger partial charge in [0.25, 0.3) is 0 Å². The maximum absolute atomic E-state index is 13.0. The number of hydrogen-bond donors (Lipinski definition) is 0. The molecule has 3 aliphatic carbocycles. The number of ketones is 1. The number of Topliss-reactive ketones (excluding diaryl/α,β-unsaturated/α-hetero) is 1. The summed E-state index contributed by atoms with van der Waals surface area (Å²) >= 11 is 0. The van der Waals surface area contributed by atoms with Crippen LogP contribution in [0.3, 0.4) is 0 Å². The van der Waals surface area contributed by atoms with Gasteiger partial charge >= 0.3 is 5.97 Å². The molecule has 3 fully saturated rings. The Morgan fingerprint density at radius 1 is 1.12 bits per heavy atom. The molecule has 3 rings (SSSR count). The van der Waals surface area contributed by atoms with E-state index in [1.54, 1.807) is 0 Å². The lowest BCUT2D eigenvalue weighted by Gasteiger charge is -2.41. The first-order valence-electron chi connectivity index (χ1n) is 13.7. The molecule has 0 spiro atoms. The number of allylic oxidation sites excluding steroid dienone is 3. The number of carbonyl (C=O) groups excluding carboxylic acids is 2. The van der Waals surface area contributed by atoms with Crippen LogP contribution in [0.4, 0.5) is 0 Å². The van der Waals surface area contributed by atoms with Crippen LogP contribution in [-0.2, 0) is 18.8 Å². The zero-order chi connectivity index (χ0) is 24.9. The van der Waals surface area contributed by atoms with Crippen LogP contribution in [0.25, 0.3) is 0 Å². The van der Waals surface area contributed by atoms with Gasteiger partial charge in [0.1, 0.15) is 0 Å². The van der Waals surface area contributed by atoms with Gasteiger partial charge in [0.2, 0.25) is 0 Å². The minimum Gasteiger partial charge on any atom is -0.469 e. The lowest BCUT2D eigenvalue weighted by atomic mass is 9.84. The van der Waals surface area contributed by atoms with Crippen molar-refractivity contribution in [1.29, 1.82) is 0 Å². The van der Waals surface area contributed by atoms with Crippen LogP contribution in [0, 0.1) is 23.7 Å². The van der Waals surface area contributed by atoms with Crippen molar-refractivity contribution in [1.82, 2.24) is 0 Å². The largest absolute Gasteiger partial charge is 0.469 e. The van der Waals surface area contributed by atoms with Crippen LogP contribution >= 0.6 is 0 Å². The number of ether oxygens (including phenoxy) is 1. The molecule has 0 N–H and O–H groups in total. The fraction of sp³-hybridized carbons (Fsp3) is 0.793. The van der Waals surface area contributed by atoms with E-state index in [4.69, 9.17) is 9.16 Å². The molecule has 0 heterocycles. The van der Waals surface area contributed by atoms with E-state index < -0.39 is 8.32 Å². The normalized spacial score (nSPS) is 28.6. The molecule has 4 nitrogen and oxygen atoms in total. The van der Waals surface area contributed by atoms with Crippen LogP contribution in [-0.4, -0.2) is 33.3 Å². The molecule has 0 aromatic carbocycles. The van der Waals surface area contributed by atoms with E-state index in [-0.39, 0.29) is 23.0 Å². The van der Waals surface area contributed by atoms with Crippen LogP contribution in [0.5, 0.6) is 0 Å². The van der Waals surface area contributed by atoms with Gasteiger partial charge in [0.15, 0.2) is 14.1 Å². The van der Waals surface area contributed by atoms with Gasteiger partial charge in [-0.15, -0.1) is 0 Å². The van der Waals surface area contributed by atoms with Gasteiger partial charge in [0, 0.05) is 12.3 Å². The Balaban J connectivity index is 1.66. The summed E-state index contributed by atoms with van der Waals surface area (Å²) in [6, 6.07) is 0. The van der Waals surface area contributed by atoms with Crippen LogP contribution < -0.4 is 0 Å². The van der Waals surface area contributed by atoms with E-state index in [2.05, 4.69) is 52.1 Å². The summed E-state index contributed by atoms with van der Waals surface area (Å²) in [6.45, 7) is 11.7. The highest BCUT2D eigenvalue weighted by Crippen LogP contribution is 2.49. The first kappa shape index (κ1) is 27.4. The smallest absolute Gasteiger partial charge is 0.305 e. The zero-order valence-corrected chi connectivity index (χ0v) is 23.5. The Bertz CT molecular complexity index is 769. The number of carbonyl (C=O) groups is 2. The number of fused-ring (bicyclic) bond motifs is 1. The SMILES string of the molecule is COC(=O)CCC/C=C1\CC2C(/C=C/C(O[Si](C)(C)C(C)(C)C)C3CCCCC3)CCC2C1=O. The third-order valence-corrected chi connectivity index (χ3v) is 13.6. The first-order valence-corrected chi connectivity index (χ1v) is 16.6. The molecule has 0 aromatic heterocycles. The third-order valence-electron chi connectivity index (χ3n) is 9.09. The Kier molecular flexibility index (Phi) is 9.41. The first-order chi connectivity index (χ1) is 16.0. The second-order valence-electron chi connectivity index (χ2n) is 12.4. The highest BCUT2D eigenvalue weighted by molar-refractivity contribution is 6.74. The molecule has 34 heavy (non-hydrogen) atoms. The van der Waals surface area contributed by atoms with E-state index in [1.165, 1.54) is 39.2 Å². The molecule has 0 aromatic rings. The molecular formula is C29H48O4Si. The van der Waals surface area contributed by atoms with Gasteiger partial charge in [-0.25, -0.2) is 0 Å². The molecule has 3 saturated carbocycles. The van der Waals surface area contributed by atoms with Crippen molar-refractivity contribution in [2.75, 3.05) is 7.11 Å². The predicted molar refractivity (Wildman–Crippen MR) is 141 cm³/mol. The molecular weight excluding hydrogens is 440 g/mol. The molecule has 4 atom stereocenters. The van der Waals surface area contributed by atoms with E-state index in [0.717, 1.165) is 37.7 Å². The molecule has 0 aliphatic heterocycles. The summed E-state index contributed by atoms with van der Waals surface area (Å²) in [5, 5.41) is 0.206. The monoisotopic (exact) mass is 488 g/mol. The highest BCUT2D eigenvalue weighted by atomic mass is 28.4. The average molecular weight is 489 g/mol. The maximum Gasteiger partial charge on any atom is 0.305 e. The van der Waals surface area contributed by atoms with E-state index >= 15 is 0 Å². The van der Waals surface area contributed by atoms with Crippen molar-refractivity contribution in [3.05, 3.63) is 23.8 Å². The topological polar surface area (TPSA) is 52.6 Å². The molecule has 0 saturated heterocycles. The molecule has 0 radical (unpaired) electrons. The quantitative estimate of drug-likeness (QED) is 0.112. The second kappa shape index (κ2) is 11.7. The van der Waals surface area contributed by atoms with Crippen molar-refractivity contribution < 1.29 is 18.8 Å². The standard InChI is InChI=1S/C29H48O4Si/c1-29(2,3)34(5,6)33-26(22-12-8-7-9-13-22)19-17-21-16-18-24-25(21)20-23(28(24)31)14-10-11-15-27(30)32-4/h14,17,19,21-22,24-26H,7-13,15-16,18,20H2,1-6H3/b19-17+,23-14+. The van der Waals surface area contributed by atoms with Gasteiger partial charge in [0.05, 0.1) is 13.2 Å². The molecule has 192 valence electrons. The molecule has 3 aliphatic rings. The van der Waals surface area contributed by atoms with Gasteiger partial charge in [-0.2, -0.15) is 0 Å². The average Bonchev–Trinajstić information content (AvgIpc) is 3.33. The fourth-order valence-electron chi connectivity index (χ4n) is 5.88. The molecule has 4 unspecified atom stereocenters. The number of rotatable bonds is 9. The Labute approximate surface area is 209 Å². The van der Waals surface area contributed by atoms with Crippen LogP contribution in [0.1, 0.15) is 91.4 Å². The maximum atomic E-state index is 13.0. The van der Waals surface area contributed by atoms with Gasteiger partial charge in [-0.1, -0.05) is 58.3 Å². The van der Waals surface area contributed by atoms with Crippen molar-refractivity contribution in [3.8, 4) is 0 Å². The summed E-state index contributed by atoms with van der Waals surface area (Å²) in [7, 11) is -0.431. The predicted octanol–water partition coefficient (Wildman–Crippen LogP) is 7.40. The van der Waals surface area contributed by atoms with Gasteiger partial charge < -0.3 is 9.16 Å². The van der Waals surface area contributed by atoms with Crippen molar-refractivity contribution in [3.63, 3.8) is 0 Å². The fourth-order valence-corrected chi connectivity index (χ4v) is 7.19. The van der Waals surface area contributed by atoms with Crippen molar-refractivity contribution in [2.45, 2.75) is 116 Å². The third kappa shape index (κ3) is 6.72. The van der Waals surface area contributed by atoms with Crippen LogP contribution in [0.15, 0.2) is 23.8 Å². The van der Waals surface area contributed by atoms with E-state index in [9.17, 15) is 9.59 Å². The minimum absolute atomic E-state index is 0.175. The van der Waals surface area contributed by atoms with Crippen molar-refractivity contribution >= 4 is 20.1 Å². The summed E-state index contributed by atoms with van der Waals surface area (Å²) in [5.41, 5.74) is 0.999. The summed E-state index contributed by atoms with van der Waals surface area (Å²) in [5.74, 6) is 1.92. The lowest BCUT2D eigenvalue weighted by Crippen LogP contribution is -2.45. The Hall–Kier alpha value is -1.20. The van der Waals surface area contributed by atoms with Crippen molar-refractivity contribution in [2.24, 2.45) is 23.7 Å². The Morgan fingerprint density at radius 3 is 2.47 bits per heavy atom. The van der Waals surface area contributed by atoms with E-state index in [0.29, 0.717) is 30.0 Å². The summed E-state index contributed by atoms with van der Waals surface area (Å²) in [6.07, 6.45) is 18.7. The molecule has 5 heteroatoms. The number of methoxy groups -OCH3 is 1. The van der Waals surface area contributed by atoms with Crippen LogP contribution in [0.2, 0.25) is 18.1 Å². The molecule has 0 amide bonds. The minimum atomic E-state index is -1.85. The number of hydrogen-bond acceptors (Lipinski definition) is 4. The highest BCUT2D eigenvalue weighted by Gasteiger charge is 2.46. The summed E-state index contributed by atoms with van der Waals surface area (Å²) in [4.78, 5) is 24.3. The number of unbranched alkanes of at least 4 members (excludes halogenated alkanes) is 1. The number of esters is 1. The second-order valence-corrected chi connectivity index (χ2v) is 17.2. The lowest BCUT2D eigenvalue weighted by molar-refractivity contribution is -0.140. The molecule has 0 bridgehead atoms. The zero-order valence-electron chi connectivity index (χ0n) is 22.5. The van der Waals surface area contributed by atoms with Gasteiger partial charge in [-0.3, -0.25) is 9.59 Å². The van der Waals surface area contributed by atoms with Gasteiger partial charge in [-0.05, 0) is 86.4 Å². The van der Waals surface area contributed by atoms with E-state index in [1.807, 2.05) is 0 Å².